The van der Waals surface area contributed by atoms with Gasteiger partial charge in [0.05, 0.1) is 11.4 Å². The van der Waals surface area contributed by atoms with E-state index in [4.69, 9.17) is 16.6 Å². The van der Waals surface area contributed by atoms with Gasteiger partial charge in [0.1, 0.15) is 11.5 Å². The van der Waals surface area contributed by atoms with Crippen LogP contribution in [-0.4, -0.2) is 28.2 Å². The Morgan fingerprint density at radius 2 is 1.81 bits per heavy atom. The van der Waals surface area contributed by atoms with Crippen molar-refractivity contribution in [3.63, 3.8) is 0 Å². The number of fused-ring (bicyclic) bond motifs is 1. The van der Waals surface area contributed by atoms with Crippen LogP contribution in [0.2, 0.25) is 5.02 Å². The van der Waals surface area contributed by atoms with E-state index in [9.17, 15) is 4.79 Å². The number of aryl methyl sites for hydroxylation is 1. The van der Waals surface area contributed by atoms with Crippen molar-refractivity contribution in [1.29, 1.82) is 0 Å². The van der Waals surface area contributed by atoms with Crippen molar-refractivity contribution < 1.29 is 4.79 Å². The summed E-state index contributed by atoms with van der Waals surface area (Å²) < 4.78 is 2.14. The minimum atomic E-state index is 0.611. The first-order valence-electron chi connectivity index (χ1n) is 11.0. The minimum absolute atomic E-state index is 0.611. The van der Waals surface area contributed by atoms with Crippen LogP contribution >= 0.6 is 11.6 Å². The number of hydrogen-bond donors (Lipinski definition) is 1. The van der Waals surface area contributed by atoms with Crippen LogP contribution in [0.15, 0.2) is 65.8 Å². The summed E-state index contributed by atoms with van der Waals surface area (Å²) in [5.41, 5.74) is 4.37. The number of imidazole rings is 1. The largest absolute Gasteiger partial charge is 0.314 e. The van der Waals surface area contributed by atoms with Crippen molar-refractivity contribution in [3.8, 4) is 11.3 Å². The molecular weight excluding hydrogens is 420 g/mol. The number of aliphatic imine (C=N–C) groups is 1. The molecule has 2 aromatic heterocycles. The van der Waals surface area contributed by atoms with Gasteiger partial charge in [-0.25, -0.2) is 4.98 Å². The van der Waals surface area contributed by atoms with Crippen LogP contribution < -0.4 is 5.32 Å². The lowest BCUT2D eigenvalue weighted by molar-refractivity contribution is -0.108. The van der Waals surface area contributed by atoms with Gasteiger partial charge >= 0.3 is 0 Å². The molecule has 0 fully saturated rings. The molecule has 0 saturated carbocycles. The van der Waals surface area contributed by atoms with Crippen molar-refractivity contribution in [1.82, 2.24) is 14.7 Å². The number of amides is 1. The second-order valence-electron chi connectivity index (χ2n) is 7.55. The molecule has 0 atom stereocenters. The number of amidine groups is 1. The molecule has 0 aliphatic carbocycles. The molecule has 0 bridgehead atoms. The van der Waals surface area contributed by atoms with Gasteiger partial charge in [-0.05, 0) is 56.5 Å². The number of halogens is 1. The zero-order chi connectivity index (χ0) is 23.9. The highest BCUT2D eigenvalue weighted by atomic mass is 35.5. The van der Waals surface area contributed by atoms with Crippen LogP contribution in [0.3, 0.4) is 0 Å². The third-order valence-electron chi connectivity index (χ3n) is 3.94. The van der Waals surface area contributed by atoms with Crippen molar-refractivity contribution in [3.05, 3.63) is 71.5 Å². The summed E-state index contributed by atoms with van der Waals surface area (Å²) >= 11 is 5.93. The van der Waals surface area contributed by atoms with Crippen LogP contribution in [0.5, 0.6) is 0 Å². The maximum atomic E-state index is 9.94. The quantitative estimate of drug-likeness (QED) is 0.268. The summed E-state index contributed by atoms with van der Waals surface area (Å²) in [6.45, 7) is 13.1. The Bertz CT molecular complexity index is 1000. The highest BCUT2D eigenvalue weighted by molar-refractivity contribution is 6.30. The van der Waals surface area contributed by atoms with Crippen LogP contribution in [0.25, 0.3) is 16.9 Å². The number of allylic oxidation sites excluding steroid dienone is 1. The number of carbonyl (C=O) groups is 1. The lowest BCUT2D eigenvalue weighted by Crippen LogP contribution is -2.19. The Morgan fingerprint density at radius 3 is 2.34 bits per heavy atom. The van der Waals surface area contributed by atoms with Gasteiger partial charge in [0.2, 0.25) is 6.41 Å². The van der Waals surface area contributed by atoms with Gasteiger partial charge in [0, 0.05) is 23.3 Å². The predicted molar refractivity (Wildman–Crippen MR) is 138 cm³/mol. The first kappa shape index (κ1) is 27.1. The van der Waals surface area contributed by atoms with Crippen LogP contribution in [0.4, 0.5) is 0 Å². The van der Waals surface area contributed by atoms with E-state index in [1.165, 1.54) is 5.69 Å². The molecule has 1 aromatic carbocycles. The second kappa shape index (κ2) is 15.0. The van der Waals surface area contributed by atoms with Crippen molar-refractivity contribution in [2.45, 2.75) is 48.0 Å². The highest BCUT2D eigenvalue weighted by Gasteiger charge is 2.11. The number of aromatic nitrogens is 2. The fourth-order valence-corrected chi connectivity index (χ4v) is 2.88. The van der Waals surface area contributed by atoms with Crippen LogP contribution in [0.1, 0.15) is 47.2 Å². The first-order valence-corrected chi connectivity index (χ1v) is 11.3. The lowest BCUT2D eigenvalue weighted by Gasteiger charge is -2.02. The fourth-order valence-electron chi connectivity index (χ4n) is 2.76. The monoisotopic (exact) mass is 454 g/mol. The SMILES string of the molecule is C/C=C\C(=NCC)NC=O.CC(C)C.CCc1c(-c2ccc(Cl)cc2)nc2ccccn12. The van der Waals surface area contributed by atoms with Gasteiger partial charge in [0.15, 0.2) is 0 Å². The maximum absolute atomic E-state index is 9.94. The summed E-state index contributed by atoms with van der Waals surface area (Å²) in [5, 5.41) is 3.22. The van der Waals surface area contributed by atoms with E-state index in [1.54, 1.807) is 6.08 Å². The fraction of sp³-hybridized carbons (Fsp3) is 0.346. The first-order chi connectivity index (χ1) is 15.4. The molecule has 0 aliphatic heterocycles. The molecule has 1 amide bonds. The summed E-state index contributed by atoms with van der Waals surface area (Å²) in [4.78, 5) is 18.6. The second-order valence-corrected chi connectivity index (χ2v) is 7.99. The molecule has 6 heteroatoms. The van der Waals surface area contributed by atoms with Crippen molar-refractivity contribution in [2.75, 3.05) is 6.54 Å². The molecule has 2 heterocycles. The standard InChI is InChI=1S/C15H13ClN2.C7H12N2O.C4H10/c1-2-13-15(11-6-8-12(16)9-7-11)17-14-5-3-4-10-18(13)14;1-3-5-7(8-4-2)9-6-10;1-4(2)3/h3-10H,2H2,1H3;3,5-6H,4H2,1-2H3,(H,8,9,10);4H,1-3H3/b;5-3-;. The molecule has 1 N–H and O–H groups in total. The number of nitrogens with zero attached hydrogens (tertiary/aromatic N) is 3. The van der Waals surface area contributed by atoms with E-state index < -0.39 is 0 Å². The van der Waals surface area contributed by atoms with Gasteiger partial charge < -0.3 is 9.72 Å². The number of nitrogens with one attached hydrogen (secondary N) is 1. The Hall–Kier alpha value is -2.92. The maximum Gasteiger partial charge on any atom is 0.212 e. The van der Waals surface area contributed by atoms with E-state index in [0.29, 0.717) is 18.8 Å². The molecule has 3 rings (SSSR count). The molecule has 3 aromatic rings. The van der Waals surface area contributed by atoms with E-state index >= 15 is 0 Å². The molecule has 0 radical (unpaired) electrons. The molecule has 0 aliphatic rings. The number of rotatable bonds is 5. The molecule has 0 unspecified atom stereocenters. The Kier molecular flexibility index (Phi) is 12.7. The predicted octanol–water partition coefficient (Wildman–Crippen LogP) is 6.61. The van der Waals surface area contributed by atoms with Gasteiger partial charge in [-0.1, -0.05) is 63.6 Å². The van der Waals surface area contributed by atoms with Crippen molar-refractivity contribution >= 4 is 29.5 Å². The van der Waals surface area contributed by atoms with Crippen molar-refractivity contribution in [2.24, 2.45) is 10.9 Å². The van der Waals surface area contributed by atoms with E-state index in [-0.39, 0.29) is 0 Å². The average molecular weight is 455 g/mol. The number of hydrogen-bond acceptors (Lipinski definition) is 3. The topological polar surface area (TPSA) is 58.8 Å². The summed E-state index contributed by atoms with van der Waals surface area (Å²) in [6.07, 6.45) is 7.20. The molecule has 32 heavy (non-hydrogen) atoms. The normalized spacial score (nSPS) is 11.1. The van der Waals surface area contributed by atoms with Gasteiger partial charge in [-0.3, -0.25) is 9.79 Å². The van der Waals surface area contributed by atoms with Gasteiger partial charge in [-0.15, -0.1) is 0 Å². The zero-order valence-corrected chi connectivity index (χ0v) is 20.7. The smallest absolute Gasteiger partial charge is 0.212 e. The molecule has 5 nitrogen and oxygen atoms in total. The van der Waals surface area contributed by atoms with Crippen LogP contribution in [-0.2, 0) is 11.2 Å². The Morgan fingerprint density at radius 1 is 1.16 bits per heavy atom. The number of pyridine rings is 1. The summed E-state index contributed by atoms with van der Waals surface area (Å²) in [6, 6.07) is 13.9. The lowest BCUT2D eigenvalue weighted by atomic mass is 10.1. The Balaban J connectivity index is 0.000000311. The summed E-state index contributed by atoms with van der Waals surface area (Å²) in [5.74, 6) is 1.44. The van der Waals surface area contributed by atoms with E-state index in [2.05, 4.69) is 48.6 Å². The van der Waals surface area contributed by atoms with E-state index in [0.717, 1.165) is 34.3 Å². The number of carbonyl (C=O) groups excluding carboxylic acids is 1. The van der Waals surface area contributed by atoms with Crippen LogP contribution in [0, 0.1) is 5.92 Å². The molecular formula is C26H35ClN4O. The third kappa shape index (κ3) is 9.06. The van der Waals surface area contributed by atoms with Gasteiger partial charge in [-0.2, -0.15) is 0 Å². The molecule has 0 saturated heterocycles. The minimum Gasteiger partial charge on any atom is -0.314 e. The zero-order valence-electron chi connectivity index (χ0n) is 20.0. The third-order valence-corrected chi connectivity index (χ3v) is 4.19. The average Bonchev–Trinajstić information content (AvgIpc) is 3.13. The Labute approximate surface area is 197 Å². The summed E-state index contributed by atoms with van der Waals surface area (Å²) in [7, 11) is 0. The molecule has 0 spiro atoms. The van der Waals surface area contributed by atoms with E-state index in [1.807, 2.05) is 62.4 Å². The molecule has 172 valence electrons. The van der Waals surface area contributed by atoms with Gasteiger partial charge in [0.25, 0.3) is 0 Å². The number of benzene rings is 1. The highest BCUT2D eigenvalue weighted by Crippen LogP contribution is 2.26.